The van der Waals surface area contributed by atoms with Crippen LogP contribution >= 0.6 is 0 Å². The number of nitrogen functional groups attached to an aromatic ring is 1. The van der Waals surface area contributed by atoms with E-state index in [4.69, 9.17) is 75.3 Å². The number of carbonyl (C=O) groups is 2. The lowest BCUT2D eigenvalue weighted by atomic mass is 10.1. The molecule has 0 unspecified atom stereocenters. The number of benzene rings is 6. The summed E-state index contributed by atoms with van der Waals surface area (Å²) in [4.78, 5) is 93.0. The van der Waals surface area contributed by atoms with Gasteiger partial charge in [0.05, 0.1) is 43.4 Å². The fourth-order valence-electron chi connectivity index (χ4n) is 10.4. The summed E-state index contributed by atoms with van der Waals surface area (Å²) in [7, 11) is 0. The molecule has 31 heteroatoms. The van der Waals surface area contributed by atoms with Crippen molar-refractivity contribution >= 4 is 89.4 Å². The van der Waals surface area contributed by atoms with E-state index in [1.165, 1.54) is 36.4 Å². The predicted octanol–water partition coefficient (Wildman–Crippen LogP) is 14.3. The number of nitrogens with two attached hydrogens (primary N) is 2. The molecular formula is C85H83N13O18. The van der Waals surface area contributed by atoms with E-state index in [0.717, 1.165) is 60.1 Å². The molecule has 8 heterocycles. The molecule has 0 bridgehead atoms. The molecule has 596 valence electrons. The van der Waals surface area contributed by atoms with Gasteiger partial charge in [0, 0.05) is 115 Å². The standard InChI is InChI=1S/C22H15N3O5.C18H20N4O4.C13H10O3.C10H7N3O2.C10H9NO2.C8H13NO2.C3H5N.CH4/c1-13-8-22(27)30-20-9-16(4-6-18(13)20)25-11-15(23-24-25)12-28-17-5-2-14-3-7-21(26)29-19(14)10-17;1-11-7-16(23)25-15-8-13(5-6-14(11)15)22-10-12(20-21-22)9-19-17(24)26-18(2,3)4;1-3-6-15-10-4-5-11-9(2)7-13(14)16-12(11)8-10;1-6-4-10(14)15-9-5-7(12-13-11)2-3-8(6)9;1-6-4-10(12)13-9-5-7(11)2-3-8(6)9;1-5-6-9-7(10)11-8(2,3)4;1-2-3-4;/h2-11H,12H2,1H3;5-8,10H,9H2,1-4H3,(H,19,24);1,4-5,7-8H,6H2,2H3;2-5H,1H3;2-5H,11H2,1H3;1H,6H2,2-4H3,(H,9,10);1H,3-4H2;1H4. The van der Waals surface area contributed by atoms with Gasteiger partial charge < -0.3 is 67.6 Å². The summed E-state index contributed by atoms with van der Waals surface area (Å²) >= 11 is 0. The van der Waals surface area contributed by atoms with Crippen LogP contribution in [0.5, 0.6) is 11.5 Å². The molecule has 0 aliphatic rings. The molecule has 6 N–H and O–H groups in total. The molecule has 0 radical (unpaired) electrons. The number of rotatable bonds is 11. The summed E-state index contributed by atoms with van der Waals surface area (Å²) in [5.41, 5.74) is 26.2. The summed E-state index contributed by atoms with van der Waals surface area (Å²) in [5, 5.41) is 30.0. The van der Waals surface area contributed by atoms with Crippen LogP contribution in [0.15, 0.2) is 224 Å². The van der Waals surface area contributed by atoms with E-state index < -0.39 is 45.9 Å². The van der Waals surface area contributed by atoms with Gasteiger partial charge in [0.2, 0.25) is 0 Å². The molecule has 8 aromatic heterocycles. The maximum Gasteiger partial charge on any atom is 0.408 e. The number of hydrogen-bond donors (Lipinski definition) is 4. The number of hydrogen-bond acceptors (Lipinski definition) is 25. The molecule has 2 amide bonds. The maximum absolute atomic E-state index is 11.7. The molecular weight excluding hydrogens is 1490 g/mol. The number of aromatic nitrogens is 6. The number of anilines is 1. The minimum Gasteiger partial charge on any atom is -0.487 e. The van der Waals surface area contributed by atoms with Gasteiger partial charge in [-0.05, 0) is 182 Å². The monoisotopic (exact) mass is 1570 g/mol. The van der Waals surface area contributed by atoms with E-state index >= 15 is 0 Å². The minimum absolute atomic E-state index is 0. The summed E-state index contributed by atoms with van der Waals surface area (Å²) in [6.07, 6.45) is 17.1. The van der Waals surface area contributed by atoms with Crippen molar-refractivity contribution in [3.63, 3.8) is 0 Å². The number of nitrogens with zero attached hydrogens (tertiary/aromatic N) is 9. The first-order valence-corrected chi connectivity index (χ1v) is 34.8. The van der Waals surface area contributed by atoms with Gasteiger partial charge in [-0.1, -0.05) is 52.9 Å². The fraction of sp³-hybridized carbons (Fsp3) is 0.224. The van der Waals surface area contributed by atoms with Crippen LogP contribution in [0.4, 0.5) is 21.0 Å². The lowest BCUT2D eigenvalue weighted by molar-refractivity contribution is 0.0516. The first-order chi connectivity index (χ1) is 54.7. The number of ether oxygens (including phenoxy) is 4. The molecule has 0 aliphatic heterocycles. The number of azide groups is 1. The van der Waals surface area contributed by atoms with Crippen molar-refractivity contribution in [1.82, 2.24) is 40.6 Å². The highest BCUT2D eigenvalue weighted by molar-refractivity contribution is 5.86. The third-order valence-electron chi connectivity index (χ3n) is 15.4. The van der Waals surface area contributed by atoms with Crippen molar-refractivity contribution in [2.45, 2.75) is 108 Å². The van der Waals surface area contributed by atoms with Gasteiger partial charge >= 0.3 is 45.9 Å². The van der Waals surface area contributed by atoms with Crippen LogP contribution in [0.2, 0.25) is 0 Å². The Bertz CT molecular complexity index is 6450. The molecule has 116 heavy (non-hydrogen) atoms. The van der Waals surface area contributed by atoms with Crippen LogP contribution < -0.4 is 65.3 Å². The lowest BCUT2D eigenvalue weighted by Gasteiger charge is -2.19. The van der Waals surface area contributed by atoms with Crippen LogP contribution in [-0.4, -0.2) is 73.1 Å². The van der Waals surface area contributed by atoms with E-state index in [2.05, 4.69) is 65.5 Å². The van der Waals surface area contributed by atoms with Gasteiger partial charge in [0.1, 0.15) is 80.8 Å². The second kappa shape index (κ2) is 40.6. The zero-order valence-electron chi connectivity index (χ0n) is 64.4. The topological polar surface area (TPSA) is 439 Å². The molecule has 0 saturated heterocycles. The molecule has 0 spiro atoms. The van der Waals surface area contributed by atoms with Crippen LogP contribution in [-0.2, 0) is 22.6 Å². The highest BCUT2D eigenvalue weighted by atomic mass is 16.6. The van der Waals surface area contributed by atoms with Crippen LogP contribution in [0.1, 0.15) is 88.2 Å². The number of fused-ring (bicyclic) bond motifs is 6. The normalized spacial score (nSPS) is 10.5. The molecule has 0 aliphatic carbocycles. The quantitative estimate of drug-likeness (QED) is 0.0233. The van der Waals surface area contributed by atoms with Gasteiger partial charge in [-0.15, -0.1) is 29.5 Å². The van der Waals surface area contributed by atoms with Crippen LogP contribution in [0, 0.1) is 71.7 Å². The van der Waals surface area contributed by atoms with Gasteiger partial charge in [-0.2, -0.15) is 0 Å². The molecule has 0 atom stereocenters. The third-order valence-corrected chi connectivity index (χ3v) is 15.4. The largest absolute Gasteiger partial charge is 0.487 e. The number of carbonyl (C=O) groups excluding carboxylic acids is 2. The van der Waals surface area contributed by atoms with E-state index in [-0.39, 0.29) is 45.0 Å². The van der Waals surface area contributed by atoms with Gasteiger partial charge in [0.15, 0.2) is 0 Å². The first-order valence-electron chi connectivity index (χ1n) is 34.8. The number of amides is 2. The molecule has 14 rings (SSSR count). The number of aryl methyl sites for hydroxylation is 5. The van der Waals surface area contributed by atoms with Crippen molar-refractivity contribution < 1.29 is 55.0 Å². The predicted molar refractivity (Wildman–Crippen MR) is 441 cm³/mol. The Morgan fingerprint density at radius 2 is 0.888 bits per heavy atom. The Balaban J connectivity index is 0.000000197. The van der Waals surface area contributed by atoms with E-state index in [1.807, 2.05) is 77.1 Å². The summed E-state index contributed by atoms with van der Waals surface area (Å²) in [6.45, 7) is 21.2. The van der Waals surface area contributed by atoms with E-state index in [9.17, 15) is 38.4 Å². The highest BCUT2D eigenvalue weighted by Crippen LogP contribution is 2.27. The van der Waals surface area contributed by atoms with E-state index in [0.29, 0.717) is 85.7 Å². The Kier molecular flexibility index (Phi) is 30.8. The second-order valence-corrected chi connectivity index (χ2v) is 26.8. The Morgan fingerprint density at radius 1 is 0.491 bits per heavy atom. The van der Waals surface area contributed by atoms with E-state index in [1.54, 1.807) is 136 Å². The van der Waals surface area contributed by atoms with Gasteiger partial charge in [0.25, 0.3) is 0 Å². The molecule has 14 aromatic rings. The zero-order chi connectivity index (χ0) is 83.7. The summed E-state index contributed by atoms with van der Waals surface area (Å²) in [6, 6.07) is 42.2. The third kappa shape index (κ3) is 26.2. The van der Waals surface area contributed by atoms with Crippen molar-refractivity contribution in [3.8, 4) is 59.9 Å². The second-order valence-electron chi connectivity index (χ2n) is 26.8. The van der Waals surface area contributed by atoms with Crippen molar-refractivity contribution in [2.24, 2.45) is 10.8 Å². The Morgan fingerprint density at radius 3 is 1.36 bits per heavy atom. The van der Waals surface area contributed by atoms with Gasteiger partial charge in [-0.25, -0.2) is 47.7 Å². The lowest BCUT2D eigenvalue weighted by Crippen LogP contribution is -2.32. The zero-order valence-corrected chi connectivity index (χ0v) is 64.4. The number of terminal acetylenes is 3. The Labute approximate surface area is 662 Å². The maximum atomic E-state index is 11.7. The van der Waals surface area contributed by atoms with Crippen molar-refractivity contribution in [3.05, 3.63) is 276 Å². The van der Waals surface area contributed by atoms with Crippen LogP contribution in [0.3, 0.4) is 0 Å². The number of alkyl carbamates (subject to hydrolysis) is 2. The molecule has 0 saturated carbocycles. The Hall–Kier alpha value is -15.3. The van der Waals surface area contributed by atoms with Crippen molar-refractivity contribution in [1.29, 1.82) is 0 Å². The molecule has 0 fully saturated rings. The smallest absolute Gasteiger partial charge is 0.408 e. The highest BCUT2D eigenvalue weighted by Gasteiger charge is 2.18. The molecule has 31 nitrogen and oxygen atoms in total. The SMILES string of the molecule is C.C#CCN.C#CCNC(=O)OC(C)(C)C.C#CCOc1ccc2c(C)cc(=O)oc2c1.Cc1cc(=O)oc2cc(-n3cc(CNC(=O)OC(C)(C)C)nn3)ccc12.Cc1cc(=O)oc2cc(-n3cc(COc4ccc5ccc(=O)oc5c4)nn3)ccc12.Cc1cc(=O)oc2cc(N)ccc12.Cc1cc(=O)oc2cc(N=[N+]=[N-])ccc12. The summed E-state index contributed by atoms with van der Waals surface area (Å²) < 4.78 is 55.0. The van der Waals surface area contributed by atoms with Gasteiger partial charge in [-0.3, -0.25) is 0 Å². The fourth-order valence-corrected chi connectivity index (χ4v) is 10.4. The summed E-state index contributed by atoms with van der Waals surface area (Å²) in [5.74, 6) is 8.00. The first kappa shape index (κ1) is 88.0. The average Bonchev–Trinajstić information content (AvgIpc) is 1.32. The number of nitrogens with one attached hydrogen (secondary N) is 2. The minimum atomic E-state index is -0.561. The van der Waals surface area contributed by atoms with Crippen molar-refractivity contribution in [2.75, 3.05) is 25.4 Å². The van der Waals surface area contributed by atoms with Crippen LogP contribution in [0.25, 0.3) is 87.6 Å². The molecule has 6 aromatic carbocycles. The average molecular weight is 1570 g/mol.